The Morgan fingerprint density at radius 3 is 2.76 bits per heavy atom. The summed E-state index contributed by atoms with van der Waals surface area (Å²) < 4.78 is 0. The molecule has 0 spiro atoms. The van der Waals surface area contributed by atoms with Crippen molar-refractivity contribution in [3.05, 3.63) is 34.9 Å². The van der Waals surface area contributed by atoms with Crippen LogP contribution in [0.2, 0.25) is 0 Å². The van der Waals surface area contributed by atoms with Gasteiger partial charge in [0.15, 0.2) is 0 Å². The van der Waals surface area contributed by atoms with Crippen LogP contribution < -0.4 is 5.32 Å². The molecule has 0 aromatic heterocycles. The van der Waals surface area contributed by atoms with Crippen LogP contribution in [0.25, 0.3) is 0 Å². The number of aryl methyl sites for hydroxylation is 2. The van der Waals surface area contributed by atoms with Crippen molar-refractivity contribution in [2.75, 3.05) is 6.54 Å². The zero-order valence-electron chi connectivity index (χ0n) is 11.3. The molecule has 1 aliphatic carbocycles. The van der Waals surface area contributed by atoms with Gasteiger partial charge in [-0.15, -0.1) is 0 Å². The first-order chi connectivity index (χ1) is 8.35. The highest BCUT2D eigenvalue weighted by atomic mass is 14.9. The van der Waals surface area contributed by atoms with E-state index in [0.717, 1.165) is 6.54 Å². The molecule has 17 heavy (non-hydrogen) atoms. The summed E-state index contributed by atoms with van der Waals surface area (Å²) in [6, 6.07) is 7.71. The van der Waals surface area contributed by atoms with E-state index in [9.17, 15) is 0 Å². The molecule has 1 aromatic carbocycles. The molecule has 1 aromatic rings. The Hall–Kier alpha value is -0.820. The highest BCUT2D eigenvalue weighted by Gasteiger charge is 2.15. The van der Waals surface area contributed by atoms with Gasteiger partial charge in [0.2, 0.25) is 0 Å². The van der Waals surface area contributed by atoms with E-state index in [4.69, 9.17) is 0 Å². The Labute approximate surface area is 106 Å². The van der Waals surface area contributed by atoms with Gasteiger partial charge in [0.25, 0.3) is 0 Å². The van der Waals surface area contributed by atoms with Gasteiger partial charge >= 0.3 is 0 Å². The predicted octanol–water partition coefficient (Wildman–Crippen LogP) is 4.02. The molecule has 1 unspecified atom stereocenters. The number of rotatable bonds is 6. The summed E-state index contributed by atoms with van der Waals surface area (Å²) in [5.74, 6) is 0. The first-order valence-electron chi connectivity index (χ1n) is 7.20. The standard InChI is InChI=1S/C16H25N/c1-3-5-9-16(17-4-2)15-11-10-13-7-6-8-14(13)12-15/h10-12,16-17H,3-9H2,1-2H3. The minimum absolute atomic E-state index is 0.561. The van der Waals surface area contributed by atoms with E-state index in [1.165, 1.54) is 44.1 Å². The first-order valence-corrected chi connectivity index (χ1v) is 7.20. The average molecular weight is 231 g/mol. The SMILES string of the molecule is CCCCC(NCC)c1ccc2c(c1)CCC2. The maximum atomic E-state index is 3.62. The second kappa shape index (κ2) is 6.20. The maximum Gasteiger partial charge on any atom is 0.0320 e. The van der Waals surface area contributed by atoms with Crippen molar-refractivity contribution in [2.45, 2.75) is 58.4 Å². The first kappa shape index (κ1) is 12.6. The Morgan fingerprint density at radius 2 is 2.00 bits per heavy atom. The summed E-state index contributed by atoms with van der Waals surface area (Å²) in [5.41, 5.74) is 4.68. The molecule has 1 nitrogen and oxygen atoms in total. The summed E-state index contributed by atoms with van der Waals surface area (Å²) in [6.07, 6.45) is 7.79. The summed E-state index contributed by atoms with van der Waals surface area (Å²) >= 11 is 0. The fraction of sp³-hybridized carbons (Fsp3) is 0.625. The summed E-state index contributed by atoms with van der Waals surface area (Å²) in [5, 5.41) is 3.62. The fourth-order valence-corrected chi connectivity index (χ4v) is 2.85. The van der Waals surface area contributed by atoms with E-state index in [-0.39, 0.29) is 0 Å². The van der Waals surface area contributed by atoms with Crippen LogP contribution in [0.5, 0.6) is 0 Å². The van der Waals surface area contributed by atoms with Crippen LogP contribution in [0.4, 0.5) is 0 Å². The van der Waals surface area contributed by atoms with E-state index < -0.39 is 0 Å². The molecular weight excluding hydrogens is 206 g/mol. The van der Waals surface area contributed by atoms with Crippen molar-refractivity contribution in [1.29, 1.82) is 0 Å². The van der Waals surface area contributed by atoms with Crippen molar-refractivity contribution in [2.24, 2.45) is 0 Å². The molecule has 1 N–H and O–H groups in total. The lowest BCUT2D eigenvalue weighted by molar-refractivity contribution is 0.494. The molecule has 0 amide bonds. The molecule has 0 bridgehead atoms. The number of benzene rings is 1. The molecule has 94 valence electrons. The smallest absolute Gasteiger partial charge is 0.0320 e. The highest BCUT2D eigenvalue weighted by Crippen LogP contribution is 2.27. The number of unbranched alkanes of at least 4 members (excludes halogenated alkanes) is 1. The average Bonchev–Trinajstić information content (AvgIpc) is 2.81. The molecule has 1 aliphatic rings. The van der Waals surface area contributed by atoms with Gasteiger partial charge in [0.1, 0.15) is 0 Å². The van der Waals surface area contributed by atoms with E-state index in [2.05, 4.69) is 37.4 Å². The lowest BCUT2D eigenvalue weighted by Gasteiger charge is -2.19. The Kier molecular flexibility index (Phi) is 4.61. The van der Waals surface area contributed by atoms with Gasteiger partial charge in [-0.05, 0) is 48.9 Å². The lowest BCUT2D eigenvalue weighted by atomic mass is 9.97. The van der Waals surface area contributed by atoms with Gasteiger partial charge in [-0.2, -0.15) is 0 Å². The highest BCUT2D eigenvalue weighted by molar-refractivity contribution is 5.36. The van der Waals surface area contributed by atoms with Crippen LogP contribution in [0.3, 0.4) is 0 Å². The third-order valence-corrected chi connectivity index (χ3v) is 3.82. The van der Waals surface area contributed by atoms with Crippen molar-refractivity contribution >= 4 is 0 Å². The quantitative estimate of drug-likeness (QED) is 0.780. The third-order valence-electron chi connectivity index (χ3n) is 3.82. The van der Waals surface area contributed by atoms with Crippen LogP contribution in [-0.4, -0.2) is 6.54 Å². The monoisotopic (exact) mass is 231 g/mol. The minimum atomic E-state index is 0.561. The fourth-order valence-electron chi connectivity index (χ4n) is 2.85. The van der Waals surface area contributed by atoms with Gasteiger partial charge in [-0.3, -0.25) is 0 Å². The van der Waals surface area contributed by atoms with Gasteiger partial charge in [0, 0.05) is 6.04 Å². The molecule has 2 rings (SSSR count). The minimum Gasteiger partial charge on any atom is -0.310 e. The molecule has 0 radical (unpaired) electrons. The van der Waals surface area contributed by atoms with Crippen LogP contribution in [0, 0.1) is 0 Å². The molecule has 0 fully saturated rings. The normalized spacial score (nSPS) is 15.9. The van der Waals surface area contributed by atoms with Gasteiger partial charge < -0.3 is 5.32 Å². The largest absolute Gasteiger partial charge is 0.310 e. The predicted molar refractivity (Wildman–Crippen MR) is 74.4 cm³/mol. The molecule has 1 heteroatoms. The lowest BCUT2D eigenvalue weighted by Crippen LogP contribution is -2.21. The zero-order valence-corrected chi connectivity index (χ0v) is 11.3. The zero-order chi connectivity index (χ0) is 12.1. The van der Waals surface area contributed by atoms with E-state index >= 15 is 0 Å². The summed E-state index contributed by atoms with van der Waals surface area (Å²) in [6.45, 7) is 5.53. The summed E-state index contributed by atoms with van der Waals surface area (Å²) in [4.78, 5) is 0. The molecule has 0 saturated carbocycles. The van der Waals surface area contributed by atoms with Crippen molar-refractivity contribution < 1.29 is 0 Å². The van der Waals surface area contributed by atoms with Crippen LogP contribution >= 0.6 is 0 Å². The molecule has 0 aliphatic heterocycles. The number of hydrogen-bond donors (Lipinski definition) is 1. The molecular formula is C16H25N. The Morgan fingerprint density at radius 1 is 1.18 bits per heavy atom. The van der Waals surface area contributed by atoms with Crippen LogP contribution in [-0.2, 0) is 12.8 Å². The van der Waals surface area contributed by atoms with Crippen molar-refractivity contribution in [3.8, 4) is 0 Å². The number of fused-ring (bicyclic) bond motifs is 1. The van der Waals surface area contributed by atoms with E-state index in [0.29, 0.717) is 6.04 Å². The maximum absolute atomic E-state index is 3.62. The van der Waals surface area contributed by atoms with Gasteiger partial charge in [-0.1, -0.05) is 44.9 Å². The Balaban J connectivity index is 2.11. The topological polar surface area (TPSA) is 12.0 Å². The molecule has 0 heterocycles. The van der Waals surface area contributed by atoms with E-state index in [1.54, 1.807) is 11.1 Å². The summed E-state index contributed by atoms with van der Waals surface area (Å²) in [7, 11) is 0. The number of nitrogens with one attached hydrogen (secondary N) is 1. The molecule has 1 atom stereocenters. The van der Waals surface area contributed by atoms with Gasteiger partial charge in [-0.25, -0.2) is 0 Å². The van der Waals surface area contributed by atoms with Crippen LogP contribution in [0.1, 0.15) is 62.3 Å². The second-order valence-electron chi connectivity index (χ2n) is 5.13. The Bertz CT molecular complexity index is 357. The molecule has 0 saturated heterocycles. The van der Waals surface area contributed by atoms with E-state index in [1.807, 2.05) is 0 Å². The second-order valence-corrected chi connectivity index (χ2v) is 5.13. The van der Waals surface area contributed by atoms with Crippen molar-refractivity contribution in [1.82, 2.24) is 5.32 Å². The third kappa shape index (κ3) is 3.10. The van der Waals surface area contributed by atoms with Gasteiger partial charge in [0.05, 0.1) is 0 Å². The number of hydrogen-bond acceptors (Lipinski definition) is 1. The van der Waals surface area contributed by atoms with Crippen molar-refractivity contribution in [3.63, 3.8) is 0 Å². The van der Waals surface area contributed by atoms with Crippen LogP contribution in [0.15, 0.2) is 18.2 Å².